The molecule has 4 N–H and O–H groups in total. The summed E-state index contributed by atoms with van der Waals surface area (Å²) in [5.41, 5.74) is 7.20. The van der Waals surface area contributed by atoms with E-state index in [1.807, 2.05) is 0 Å². The first-order chi connectivity index (χ1) is 13.0. The summed E-state index contributed by atoms with van der Waals surface area (Å²) in [5.74, 6) is -0.648. The van der Waals surface area contributed by atoms with E-state index in [-0.39, 0.29) is 36.4 Å². The predicted octanol–water partition coefficient (Wildman–Crippen LogP) is 0.987. The fourth-order valence-electron chi connectivity index (χ4n) is 2.29. The molecule has 0 bridgehead atoms. The number of hydrogen-bond donors (Lipinski definition) is 3. The number of nitrogen functional groups attached to an aromatic ring is 1. The normalized spacial score (nSPS) is 10.3. The van der Waals surface area contributed by atoms with Gasteiger partial charge in [-0.15, -0.1) is 0 Å². The average molecular weight is 375 g/mol. The third kappa shape index (κ3) is 5.05. The van der Waals surface area contributed by atoms with Gasteiger partial charge in [-0.05, 0) is 17.7 Å². The summed E-state index contributed by atoms with van der Waals surface area (Å²) in [6, 6.07) is 6.20. The predicted molar refractivity (Wildman–Crippen MR) is 99.0 cm³/mol. The fraction of sp³-hybridized carbons (Fsp3) is 0.294. The van der Waals surface area contributed by atoms with Crippen molar-refractivity contribution >= 4 is 29.7 Å². The van der Waals surface area contributed by atoms with Gasteiger partial charge in [-0.1, -0.05) is 12.1 Å². The summed E-state index contributed by atoms with van der Waals surface area (Å²) in [6.07, 6.45) is 0.604. The monoisotopic (exact) mass is 375 g/mol. The molecule has 10 heteroatoms. The number of benzene rings is 1. The van der Waals surface area contributed by atoms with Crippen molar-refractivity contribution < 1.29 is 24.2 Å². The van der Waals surface area contributed by atoms with Crippen molar-refractivity contribution in [1.29, 1.82) is 0 Å². The number of hydrogen-bond acceptors (Lipinski definition) is 8. The Kier molecular flexibility index (Phi) is 6.89. The molecule has 0 saturated heterocycles. The molecular weight excluding hydrogens is 354 g/mol. The highest BCUT2D eigenvalue weighted by Crippen LogP contribution is 2.30. The number of nitrogens with zero attached hydrogens (tertiary/aromatic N) is 3. The van der Waals surface area contributed by atoms with Crippen LogP contribution in [-0.4, -0.2) is 54.8 Å². The van der Waals surface area contributed by atoms with Gasteiger partial charge in [0.1, 0.15) is 12.3 Å². The Morgan fingerprint density at radius 2 is 2.00 bits per heavy atom. The van der Waals surface area contributed by atoms with Gasteiger partial charge in [0, 0.05) is 14.2 Å². The third-order valence-electron chi connectivity index (χ3n) is 3.62. The lowest BCUT2D eigenvalue weighted by Crippen LogP contribution is -2.24. The van der Waals surface area contributed by atoms with E-state index in [1.54, 1.807) is 19.2 Å². The molecule has 1 aromatic carbocycles. The van der Waals surface area contributed by atoms with Crippen molar-refractivity contribution in [1.82, 2.24) is 9.97 Å². The lowest BCUT2D eigenvalue weighted by atomic mass is 10.1. The molecule has 1 heterocycles. The highest BCUT2D eigenvalue weighted by atomic mass is 16.5. The Morgan fingerprint density at radius 3 is 2.56 bits per heavy atom. The second-order valence-corrected chi connectivity index (χ2v) is 5.42. The van der Waals surface area contributed by atoms with Crippen LogP contribution in [0.1, 0.15) is 15.9 Å². The number of aromatic nitrogens is 2. The van der Waals surface area contributed by atoms with E-state index in [4.69, 9.17) is 20.3 Å². The minimum Gasteiger partial charge on any atom is -0.478 e. The molecule has 144 valence electrons. The van der Waals surface area contributed by atoms with Crippen LogP contribution in [0.4, 0.5) is 17.3 Å². The molecule has 2 rings (SSSR count). The molecule has 1 aromatic heterocycles. The van der Waals surface area contributed by atoms with Gasteiger partial charge in [0.15, 0.2) is 11.6 Å². The topological polar surface area (TPSA) is 140 Å². The first-order valence-corrected chi connectivity index (χ1v) is 8.01. The number of carbonyl (C=O) groups is 2. The first kappa shape index (κ1) is 19.9. The highest BCUT2D eigenvalue weighted by Gasteiger charge is 2.19. The van der Waals surface area contributed by atoms with Crippen molar-refractivity contribution in [3.05, 3.63) is 35.4 Å². The second kappa shape index (κ2) is 9.34. The van der Waals surface area contributed by atoms with Crippen molar-refractivity contribution in [2.45, 2.75) is 6.54 Å². The number of carbonyl (C=O) groups excluding carboxylic acids is 1. The maximum Gasteiger partial charge on any atom is 0.335 e. The standard InChI is InChI=1S/C17H21N5O5/c1-19-13-14(18)20-17(27-8-7-26-2)21-15(13)22(10-23)9-11-3-5-12(6-4-11)16(24)25/h3-6,10,19H,7-9H2,1-2H3,(H,24,25)(H2,18,20,21). The summed E-state index contributed by atoms with van der Waals surface area (Å²) in [7, 11) is 3.17. The maximum absolute atomic E-state index is 11.7. The van der Waals surface area contributed by atoms with E-state index in [0.29, 0.717) is 24.3 Å². The minimum absolute atomic E-state index is 0.0200. The van der Waals surface area contributed by atoms with Gasteiger partial charge >= 0.3 is 12.0 Å². The summed E-state index contributed by atoms with van der Waals surface area (Å²) in [6.45, 7) is 0.734. The number of rotatable bonds is 10. The van der Waals surface area contributed by atoms with Crippen LogP contribution >= 0.6 is 0 Å². The number of ether oxygens (including phenoxy) is 2. The zero-order valence-electron chi connectivity index (χ0n) is 15.0. The number of carboxylic acids is 1. The molecule has 0 atom stereocenters. The van der Waals surface area contributed by atoms with E-state index in [9.17, 15) is 9.59 Å². The average Bonchev–Trinajstić information content (AvgIpc) is 2.66. The molecule has 2 aromatic rings. The van der Waals surface area contributed by atoms with Crippen LogP contribution in [0.15, 0.2) is 24.3 Å². The van der Waals surface area contributed by atoms with Crippen LogP contribution in [-0.2, 0) is 16.1 Å². The lowest BCUT2D eigenvalue weighted by Gasteiger charge is -2.21. The second-order valence-electron chi connectivity index (χ2n) is 5.42. The van der Waals surface area contributed by atoms with Gasteiger partial charge < -0.3 is 25.6 Å². The van der Waals surface area contributed by atoms with Gasteiger partial charge in [-0.3, -0.25) is 9.69 Å². The van der Waals surface area contributed by atoms with E-state index >= 15 is 0 Å². The SMILES string of the molecule is CNc1c(N)nc(OCCOC)nc1N(C=O)Cc1ccc(C(=O)O)cc1. The minimum atomic E-state index is -1.02. The van der Waals surface area contributed by atoms with E-state index in [2.05, 4.69) is 15.3 Å². The van der Waals surface area contributed by atoms with Crippen molar-refractivity contribution in [2.75, 3.05) is 43.3 Å². The van der Waals surface area contributed by atoms with Crippen molar-refractivity contribution in [2.24, 2.45) is 0 Å². The molecule has 0 unspecified atom stereocenters. The molecule has 0 radical (unpaired) electrons. The highest BCUT2D eigenvalue weighted by molar-refractivity contribution is 5.88. The Balaban J connectivity index is 2.30. The number of methoxy groups -OCH3 is 1. The fourth-order valence-corrected chi connectivity index (χ4v) is 2.29. The maximum atomic E-state index is 11.7. The number of amides is 1. The van der Waals surface area contributed by atoms with Crippen molar-refractivity contribution in [3.63, 3.8) is 0 Å². The molecule has 0 fully saturated rings. The molecule has 27 heavy (non-hydrogen) atoms. The van der Waals surface area contributed by atoms with E-state index < -0.39 is 5.97 Å². The number of nitrogens with two attached hydrogens (primary N) is 1. The van der Waals surface area contributed by atoms with Gasteiger partial charge in [0.2, 0.25) is 6.41 Å². The molecular formula is C17H21N5O5. The zero-order valence-corrected chi connectivity index (χ0v) is 15.0. The van der Waals surface area contributed by atoms with Crippen LogP contribution in [0.25, 0.3) is 0 Å². The summed E-state index contributed by atoms with van der Waals surface area (Å²) in [5, 5.41) is 11.8. The summed E-state index contributed by atoms with van der Waals surface area (Å²) >= 11 is 0. The Hall–Kier alpha value is -3.40. The van der Waals surface area contributed by atoms with Crippen LogP contribution < -0.4 is 20.7 Å². The lowest BCUT2D eigenvalue weighted by molar-refractivity contribution is -0.107. The molecule has 10 nitrogen and oxygen atoms in total. The Labute approximate surface area is 155 Å². The van der Waals surface area contributed by atoms with Crippen LogP contribution in [0.3, 0.4) is 0 Å². The van der Waals surface area contributed by atoms with Crippen LogP contribution in [0.5, 0.6) is 6.01 Å². The van der Waals surface area contributed by atoms with Crippen molar-refractivity contribution in [3.8, 4) is 6.01 Å². The Bertz CT molecular complexity index is 797. The molecule has 0 aliphatic heterocycles. The molecule has 1 amide bonds. The summed E-state index contributed by atoms with van der Waals surface area (Å²) in [4.78, 5) is 32.3. The number of nitrogens with one attached hydrogen (secondary N) is 1. The molecule has 0 saturated carbocycles. The molecule has 0 aliphatic rings. The molecule has 0 aliphatic carbocycles. The van der Waals surface area contributed by atoms with E-state index in [1.165, 1.54) is 24.1 Å². The summed E-state index contributed by atoms with van der Waals surface area (Å²) < 4.78 is 10.3. The number of anilines is 3. The quantitative estimate of drug-likeness (QED) is 0.409. The Morgan fingerprint density at radius 1 is 1.30 bits per heavy atom. The van der Waals surface area contributed by atoms with Gasteiger partial charge in [-0.2, -0.15) is 9.97 Å². The van der Waals surface area contributed by atoms with Crippen LogP contribution in [0.2, 0.25) is 0 Å². The van der Waals surface area contributed by atoms with Gasteiger partial charge in [0.25, 0.3) is 0 Å². The smallest absolute Gasteiger partial charge is 0.335 e. The first-order valence-electron chi connectivity index (χ1n) is 8.01. The van der Waals surface area contributed by atoms with Gasteiger partial charge in [0.05, 0.1) is 18.7 Å². The molecule has 0 spiro atoms. The van der Waals surface area contributed by atoms with E-state index in [0.717, 1.165) is 0 Å². The largest absolute Gasteiger partial charge is 0.478 e. The number of carboxylic acid groups (broad SMARTS) is 1. The third-order valence-corrected chi connectivity index (χ3v) is 3.62. The van der Waals surface area contributed by atoms with Crippen LogP contribution in [0, 0.1) is 0 Å². The van der Waals surface area contributed by atoms with Gasteiger partial charge in [-0.25, -0.2) is 4.79 Å². The number of aromatic carboxylic acids is 1. The zero-order chi connectivity index (χ0) is 19.8.